The van der Waals surface area contributed by atoms with Crippen molar-refractivity contribution >= 4 is 11.7 Å². The second-order valence-electron chi connectivity index (χ2n) is 5.38. The van der Waals surface area contributed by atoms with Crippen molar-refractivity contribution in [1.29, 1.82) is 0 Å². The van der Waals surface area contributed by atoms with Crippen LogP contribution in [0.15, 0.2) is 12.5 Å². The molecule has 2 rings (SSSR count). The lowest BCUT2D eigenvalue weighted by atomic mass is 9.85. The van der Waals surface area contributed by atoms with Gasteiger partial charge in [0.05, 0.1) is 0 Å². The topological polar surface area (TPSA) is 110 Å². The van der Waals surface area contributed by atoms with Crippen LogP contribution < -0.4 is 5.32 Å². The summed E-state index contributed by atoms with van der Waals surface area (Å²) < 4.78 is 1.53. The summed E-state index contributed by atoms with van der Waals surface area (Å²) in [6.45, 7) is 0.446. The molecule has 116 valence electrons. The number of carbonyl (C=O) groups excluding carboxylic acids is 1. The molecule has 21 heavy (non-hydrogen) atoms. The van der Waals surface area contributed by atoms with Gasteiger partial charge in [0, 0.05) is 31.5 Å². The molecule has 1 heterocycles. The predicted molar refractivity (Wildman–Crippen MR) is 74.5 cm³/mol. The van der Waals surface area contributed by atoms with Crippen molar-refractivity contribution in [2.45, 2.75) is 44.7 Å². The van der Waals surface area contributed by atoms with Crippen LogP contribution in [0.2, 0.25) is 0 Å². The third-order valence-corrected chi connectivity index (χ3v) is 3.89. The molecule has 0 radical (unpaired) electrons. The molecule has 0 aliphatic heterocycles. The summed E-state index contributed by atoms with van der Waals surface area (Å²) >= 11 is 0. The van der Waals surface area contributed by atoms with Gasteiger partial charge in [-0.3, -0.25) is 4.79 Å². The lowest BCUT2D eigenvalue weighted by Gasteiger charge is -2.30. The standard InChI is InChI=1S/C13H20N4O4/c18-8-10-3-1-2-4-11(10)15-13(19)5-6-16-7-12(14-9-16)17(20)21/h7,9-11,18H,1-6,8H2,(H,15,19). The zero-order chi connectivity index (χ0) is 15.2. The van der Waals surface area contributed by atoms with Crippen LogP contribution in [0.1, 0.15) is 32.1 Å². The van der Waals surface area contributed by atoms with E-state index in [1.165, 1.54) is 17.1 Å². The highest BCUT2D eigenvalue weighted by Crippen LogP contribution is 2.24. The Hall–Kier alpha value is -1.96. The van der Waals surface area contributed by atoms with Crippen molar-refractivity contribution in [3.8, 4) is 0 Å². The molecule has 0 saturated heterocycles. The first-order valence-corrected chi connectivity index (χ1v) is 7.16. The Labute approximate surface area is 122 Å². The third-order valence-electron chi connectivity index (χ3n) is 3.89. The first kappa shape index (κ1) is 15.4. The van der Waals surface area contributed by atoms with Crippen LogP contribution in [-0.4, -0.2) is 38.1 Å². The van der Waals surface area contributed by atoms with Gasteiger partial charge in [-0.05, 0) is 22.7 Å². The number of hydrogen-bond acceptors (Lipinski definition) is 5. The summed E-state index contributed by atoms with van der Waals surface area (Å²) in [4.78, 5) is 25.5. The van der Waals surface area contributed by atoms with Crippen LogP contribution in [0, 0.1) is 16.0 Å². The molecule has 2 atom stereocenters. The molecule has 8 nitrogen and oxygen atoms in total. The maximum Gasteiger partial charge on any atom is 0.381 e. The molecule has 1 aromatic heterocycles. The van der Waals surface area contributed by atoms with E-state index in [1.54, 1.807) is 0 Å². The van der Waals surface area contributed by atoms with Gasteiger partial charge in [-0.25, -0.2) is 0 Å². The summed E-state index contributed by atoms with van der Waals surface area (Å²) in [6.07, 6.45) is 6.89. The number of amides is 1. The molecule has 0 aromatic carbocycles. The molecule has 2 unspecified atom stereocenters. The summed E-state index contributed by atoms with van der Waals surface area (Å²) in [6, 6.07) is 0.0355. The molecule has 1 amide bonds. The van der Waals surface area contributed by atoms with Gasteiger partial charge < -0.3 is 25.1 Å². The van der Waals surface area contributed by atoms with E-state index in [1.807, 2.05) is 0 Å². The highest BCUT2D eigenvalue weighted by atomic mass is 16.6. The van der Waals surface area contributed by atoms with Gasteiger partial charge in [0.2, 0.25) is 12.2 Å². The fourth-order valence-electron chi connectivity index (χ4n) is 2.69. The summed E-state index contributed by atoms with van der Waals surface area (Å²) in [7, 11) is 0. The maximum atomic E-state index is 11.9. The molecular weight excluding hydrogens is 276 g/mol. The fraction of sp³-hybridized carbons (Fsp3) is 0.692. The van der Waals surface area contributed by atoms with E-state index >= 15 is 0 Å². The van der Waals surface area contributed by atoms with Crippen molar-refractivity contribution < 1.29 is 14.8 Å². The molecule has 1 fully saturated rings. The molecular formula is C13H20N4O4. The minimum atomic E-state index is -0.565. The van der Waals surface area contributed by atoms with Crippen LogP contribution in [0.4, 0.5) is 5.82 Å². The minimum Gasteiger partial charge on any atom is -0.396 e. The third kappa shape index (κ3) is 4.25. The van der Waals surface area contributed by atoms with E-state index in [2.05, 4.69) is 10.3 Å². The number of aromatic nitrogens is 2. The zero-order valence-corrected chi connectivity index (χ0v) is 11.8. The highest BCUT2D eigenvalue weighted by molar-refractivity contribution is 5.76. The van der Waals surface area contributed by atoms with Crippen molar-refractivity contribution in [3.05, 3.63) is 22.6 Å². The number of hydrogen-bond donors (Lipinski definition) is 2. The molecule has 1 saturated carbocycles. The smallest absolute Gasteiger partial charge is 0.381 e. The number of nitrogens with one attached hydrogen (secondary N) is 1. The molecule has 0 spiro atoms. The summed E-state index contributed by atoms with van der Waals surface area (Å²) in [5, 5.41) is 22.8. The number of rotatable bonds is 6. The zero-order valence-electron chi connectivity index (χ0n) is 11.8. The Morgan fingerprint density at radius 1 is 1.52 bits per heavy atom. The second-order valence-corrected chi connectivity index (χ2v) is 5.38. The first-order valence-electron chi connectivity index (χ1n) is 7.16. The maximum absolute atomic E-state index is 11.9. The SMILES string of the molecule is O=C(CCn1cnc([N+](=O)[O-])c1)NC1CCCCC1CO. The predicted octanol–water partition coefficient (Wildman–Crippen LogP) is 0.849. The normalized spacial score (nSPS) is 22.0. The van der Waals surface area contributed by atoms with Crippen LogP contribution in [0.5, 0.6) is 0 Å². The monoisotopic (exact) mass is 296 g/mol. The van der Waals surface area contributed by atoms with Gasteiger partial charge >= 0.3 is 5.82 Å². The number of aliphatic hydroxyl groups is 1. The van der Waals surface area contributed by atoms with Gasteiger partial charge in [-0.2, -0.15) is 0 Å². The Balaban J connectivity index is 1.79. The molecule has 0 bridgehead atoms. The second kappa shape index (κ2) is 7.16. The van der Waals surface area contributed by atoms with Crippen molar-refractivity contribution in [2.75, 3.05) is 6.61 Å². The summed E-state index contributed by atoms with van der Waals surface area (Å²) in [5.74, 6) is -0.184. The Morgan fingerprint density at radius 3 is 2.95 bits per heavy atom. The Bertz CT molecular complexity index is 502. The number of nitro groups is 1. The van der Waals surface area contributed by atoms with E-state index in [0.29, 0.717) is 6.54 Å². The van der Waals surface area contributed by atoms with Crippen LogP contribution >= 0.6 is 0 Å². The fourth-order valence-corrected chi connectivity index (χ4v) is 2.69. The average molecular weight is 296 g/mol. The van der Waals surface area contributed by atoms with Crippen LogP contribution in [0.25, 0.3) is 0 Å². The number of carbonyl (C=O) groups is 1. The quantitative estimate of drug-likeness (QED) is 0.597. The average Bonchev–Trinajstić information content (AvgIpc) is 2.95. The lowest BCUT2D eigenvalue weighted by Crippen LogP contribution is -2.43. The van der Waals surface area contributed by atoms with Crippen LogP contribution in [-0.2, 0) is 11.3 Å². The number of nitrogens with zero attached hydrogens (tertiary/aromatic N) is 3. The molecule has 1 aromatic rings. The molecule has 1 aliphatic carbocycles. The first-order chi connectivity index (χ1) is 10.1. The number of aliphatic hydroxyl groups excluding tert-OH is 1. The Kier molecular flexibility index (Phi) is 5.26. The number of imidazole rings is 1. The van der Waals surface area contributed by atoms with E-state index < -0.39 is 4.92 Å². The lowest BCUT2D eigenvalue weighted by molar-refractivity contribution is -0.389. The van der Waals surface area contributed by atoms with Crippen molar-refractivity contribution in [2.24, 2.45) is 5.92 Å². The molecule has 1 aliphatic rings. The van der Waals surface area contributed by atoms with Crippen molar-refractivity contribution in [1.82, 2.24) is 14.9 Å². The molecule has 8 heteroatoms. The van der Waals surface area contributed by atoms with E-state index in [-0.39, 0.29) is 36.7 Å². The Morgan fingerprint density at radius 2 is 2.29 bits per heavy atom. The molecule has 2 N–H and O–H groups in total. The van der Waals surface area contributed by atoms with Gasteiger partial charge in [0.1, 0.15) is 6.20 Å². The van der Waals surface area contributed by atoms with Crippen LogP contribution in [0.3, 0.4) is 0 Å². The van der Waals surface area contributed by atoms with E-state index in [9.17, 15) is 20.0 Å². The van der Waals surface area contributed by atoms with Gasteiger partial charge in [-0.15, -0.1) is 0 Å². The summed E-state index contributed by atoms with van der Waals surface area (Å²) in [5.41, 5.74) is 0. The van der Waals surface area contributed by atoms with E-state index in [4.69, 9.17) is 0 Å². The highest BCUT2D eigenvalue weighted by Gasteiger charge is 2.25. The van der Waals surface area contributed by atoms with Gasteiger partial charge in [0.25, 0.3) is 0 Å². The van der Waals surface area contributed by atoms with E-state index in [0.717, 1.165) is 25.7 Å². The minimum absolute atomic E-state index is 0.0355. The largest absolute Gasteiger partial charge is 0.396 e. The van der Waals surface area contributed by atoms with Gasteiger partial charge in [-0.1, -0.05) is 12.8 Å². The van der Waals surface area contributed by atoms with Crippen molar-refractivity contribution in [3.63, 3.8) is 0 Å². The van der Waals surface area contributed by atoms with Gasteiger partial charge in [0.15, 0.2) is 0 Å². The number of aryl methyl sites for hydroxylation is 1.